The molecule has 0 spiro atoms. The van der Waals surface area contributed by atoms with Gasteiger partial charge in [-0.05, 0) is 67.2 Å². The van der Waals surface area contributed by atoms with Crippen LogP contribution >= 0.6 is 31.9 Å². The Morgan fingerprint density at radius 2 is 2.05 bits per heavy atom. The van der Waals surface area contributed by atoms with Gasteiger partial charge < -0.3 is 4.74 Å². The largest absolute Gasteiger partial charge is 0.496 e. The van der Waals surface area contributed by atoms with E-state index in [0.29, 0.717) is 10.7 Å². The number of rotatable bonds is 4. The van der Waals surface area contributed by atoms with Gasteiger partial charge in [-0.25, -0.2) is 0 Å². The molecule has 0 radical (unpaired) electrons. The van der Waals surface area contributed by atoms with Crippen LogP contribution in [0.15, 0.2) is 22.7 Å². The van der Waals surface area contributed by atoms with Crippen molar-refractivity contribution in [2.45, 2.75) is 44.4 Å². The molecule has 112 valence electrons. The molecule has 0 bridgehead atoms. The van der Waals surface area contributed by atoms with Crippen molar-refractivity contribution in [1.82, 2.24) is 0 Å². The van der Waals surface area contributed by atoms with Gasteiger partial charge in [-0.2, -0.15) is 0 Å². The van der Waals surface area contributed by atoms with Crippen molar-refractivity contribution >= 4 is 31.9 Å². The molecule has 20 heavy (non-hydrogen) atoms. The lowest BCUT2D eigenvalue weighted by molar-refractivity contribution is 0.222. The van der Waals surface area contributed by atoms with Gasteiger partial charge >= 0.3 is 0 Å². The number of methoxy groups -OCH3 is 1. The summed E-state index contributed by atoms with van der Waals surface area (Å²) in [5, 5.41) is 0. The number of alkyl halides is 1. The van der Waals surface area contributed by atoms with Crippen LogP contribution in [0.1, 0.15) is 38.7 Å². The van der Waals surface area contributed by atoms with Gasteiger partial charge in [0.25, 0.3) is 0 Å². The number of hydrogen-bond donors (Lipinski definition) is 0. The van der Waals surface area contributed by atoms with Crippen molar-refractivity contribution in [2.24, 2.45) is 17.8 Å². The van der Waals surface area contributed by atoms with E-state index in [1.165, 1.54) is 24.8 Å². The number of halogens is 2. The van der Waals surface area contributed by atoms with E-state index in [2.05, 4.69) is 57.8 Å². The molecule has 1 nitrogen and oxygen atoms in total. The van der Waals surface area contributed by atoms with Crippen LogP contribution in [0.25, 0.3) is 0 Å². The maximum Gasteiger partial charge on any atom is 0.122 e. The summed E-state index contributed by atoms with van der Waals surface area (Å²) >= 11 is 7.47. The Bertz CT molecular complexity index is 445. The molecule has 1 aromatic rings. The molecule has 1 aromatic carbocycles. The SMILES string of the molecule is COc1ccc(Br)cc1CC1CC(C(C)C)CCC1Br. The van der Waals surface area contributed by atoms with E-state index < -0.39 is 0 Å². The van der Waals surface area contributed by atoms with Gasteiger partial charge in [-0.15, -0.1) is 0 Å². The summed E-state index contributed by atoms with van der Waals surface area (Å²) in [4.78, 5) is 0.640. The molecule has 0 aromatic heterocycles. The highest BCUT2D eigenvalue weighted by molar-refractivity contribution is 9.10. The van der Waals surface area contributed by atoms with Crippen LogP contribution < -0.4 is 4.74 Å². The summed E-state index contributed by atoms with van der Waals surface area (Å²) in [6, 6.07) is 6.31. The van der Waals surface area contributed by atoms with Crippen LogP contribution in [0.2, 0.25) is 0 Å². The summed E-state index contributed by atoms with van der Waals surface area (Å²) in [6.07, 6.45) is 5.08. The zero-order valence-electron chi connectivity index (χ0n) is 12.5. The Balaban J connectivity index is 2.13. The monoisotopic (exact) mass is 402 g/mol. The Morgan fingerprint density at radius 3 is 2.70 bits per heavy atom. The fraction of sp³-hybridized carbons (Fsp3) is 0.647. The molecule has 3 atom stereocenters. The predicted molar refractivity (Wildman–Crippen MR) is 92.8 cm³/mol. The Labute approximate surface area is 139 Å². The topological polar surface area (TPSA) is 9.23 Å². The van der Waals surface area contributed by atoms with Crippen molar-refractivity contribution < 1.29 is 4.74 Å². The maximum absolute atomic E-state index is 5.52. The highest BCUT2D eigenvalue weighted by atomic mass is 79.9. The number of ether oxygens (including phenoxy) is 1. The van der Waals surface area contributed by atoms with Crippen molar-refractivity contribution in [3.8, 4) is 5.75 Å². The van der Waals surface area contributed by atoms with E-state index in [9.17, 15) is 0 Å². The third-order valence-corrected chi connectivity index (χ3v) is 6.30. The molecule has 0 saturated heterocycles. The van der Waals surface area contributed by atoms with Gasteiger partial charge in [-0.1, -0.05) is 45.7 Å². The molecule has 3 heteroatoms. The van der Waals surface area contributed by atoms with Crippen LogP contribution in [0.5, 0.6) is 5.75 Å². The summed E-state index contributed by atoms with van der Waals surface area (Å²) < 4.78 is 6.65. The van der Waals surface area contributed by atoms with Gasteiger partial charge in [0.2, 0.25) is 0 Å². The number of benzene rings is 1. The van der Waals surface area contributed by atoms with Crippen molar-refractivity contribution in [2.75, 3.05) is 7.11 Å². The first-order valence-electron chi connectivity index (χ1n) is 7.47. The molecule has 2 rings (SSSR count). The molecule has 1 aliphatic carbocycles. The van der Waals surface area contributed by atoms with Gasteiger partial charge in [0, 0.05) is 9.30 Å². The van der Waals surface area contributed by atoms with E-state index in [4.69, 9.17) is 4.74 Å². The van der Waals surface area contributed by atoms with E-state index >= 15 is 0 Å². The first-order chi connectivity index (χ1) is 9.51. The third kappa shape index (κ3) is 4.00. The molecule has 0 N–H and O–H groups in total. The van der Waals surface area contributed by atoms with Gasteiger partial charge in [-0.3, -0.25) is 0 Å². The minimum Gasteiger partial charge on any atom is -0.496 e. The molecular weight excluding hydrogens is 380 g/mol. The molecule has 0 amide bonds. The lowest BCUT2D eigenvalue weighted by Gasteiger charge is -2.35. The van der Waals surface area contributed by atoms with Crippen LogP contribution in [0.3, 0.4) is 0 Å². The smallest absolute Gasteiger partial charge is 0.122 e. The second-order valence-electron chi connectivity index (χ2n) is 6.25. The van der Waals surface area contributed by atoms with Crippen molar-refractivity contribution in [3.63, 3.8) is 0 Å². The Hall–Kier alpha value is -0.0200. The normalized spacial score (nSPS) is 26.8. The Kier molecular flexibility index (Phi) is 5.97. The first-order valence-corrected chi connectivity index (χ1v) is 9.18. The average Bonchev–Trinajstić information content (AvgIpc) is 2.41. The van der Waals surface area contributed by atoms with Crippen LogP contribution in [-0.2, 0) is 6.42 Å². The fourth-order valence-corrected chi connectivity index (χ4v) is 4.34. The zero-order chi connectivity index (χ0) is 14.7. The third-order valence-electron chi connectivity index (χ3n) is 4.60. The molecule has 1 saturated carbocycles. The quantitative estimate of drug-likeness (QED) is 0.574. The van der Waals surface area contributed by atoms with Gasteiger partial charge in [0.05, 0.1) is 7.11 Å². The summed E-state index contributed by atoms with van der Waals surface area (Å²) in [5.74, 6) is 3.38. The van der Waals surface area contributed by atoms with E-state index in [1.807, 2.05) is 6.07 Å². The zero-order valence-corrected chi connectivity index (χ0v) is 15.7. The number of hydrogen-bond acceptors (Lipinski definition) is 1. The van der Waals surface area contributed by atoms with Crippen LogP contribution in [0, 0.1) is 17.8 Å². The minimum atomic E-state index is 0.640. The molecule has 0 aliphatic heterocycles. The minimum absolute atomic E-state index is 0.640. The van der Waals surface area contributed by atoms with Gasteiger partial charge in [0.15, 0.2) is 0 Å². The van der Waals surface area contributed by atoms with Crippen molar-refractivity contribution in [1.29, 1.82) is 0 Å². The van der Waals surface area contributed by atoms with E-state index in [1.54, 1.807) is 7.11 Å². The van der Waals surface area contributed by atoms with Gasteiger partial charge in [0.1, 0.15) is 5.75 Å². The molecule has 1 fully saturated rings. The lowest BCUT2D eigenvalue weighted by Crippen LogP contribution is -2.29. The summed E-state index contributed by atoms with van der Waals surface area (Å²) in [5.41, 5.74) is 1.32. The average molecular weight is 404 g/mol. The summed E-state index contributed by atoms with van der Waals surface area (Å²) in [6.45, 7) is 4.71. The molecule has 0 heterocycles. The lowest BCUT2D eigenvalue weighted by atomic mass is 9.74. The summed E-state index contributed by atoms with van der Waals surface area (Å²) in [7, 11) is 1.76. The van der Waals surface area contributed by atoms with E-state index in [-0.39, 0.29) is 0 Å². The van der Waals surface area contributed by atoms with E-state index in [0.717, 1.165) is 28.5 Å². The predicted octanol–water partition coefficient (Wildman–Crippen LogP) is 5.84. The second kappa shape index (κ2) is 7.31. The standard InChI is InChI=1S/C17H24Br2O/c1-11(2)12-4-6-16(19)13(8-12)9-14-10-15(18)5-7-17(14)20-3/h5,7,10-13,16H,4,6,8-9H2,1-3H3. The van der Waals surface area contributed by atoms with Crippen LogP contribution in [-0.4, -0.2) is 11.9 Å². The highest BCUT2D eigenvalue weighted by Crippen LogP contribution is 2.40. The van der Waals surface area contributed by atoms with Crippen molar-refractivity contribution in [3.05, 3.63) is 28.2 Å². The molecule has 1 aliphatic rings. The van der Waals surface area contributed by atoms with Crippen LogP contribution in [0.4, 0.5) is 0 Å². The Morgan fingerprint density at radius 1 is 1.30 bits per heavy atom. The highest BCUT2D eigenvalue weighted by Gasteiger charge is 2.30. The fourth-order valence-electron chi connectivity index (χ4n) is 3.27. The molecular formula is C17H24Br2O. The maximum atomic E-state index is 5.52. The molecule has 3 unspecified atom stereocenters. The first kappa shape index (κ1) is 16.4. The second-order valence-corrected chi connectivity index (χ2v) is 8.35.